The van der Waals surface area contributed by atoms with Crippen molar-refractivity contribution in [1.82, 2.24) is 24.3 Å². The van der Waals surface area contributed by atoms with Crippen molar-refractivity contribution in [3.63, 3.8) is 0 Å². The van der Waals surface area contributed by atoms with Crippen LogP contribution >= 0.6 is 0 Å². The third kappa shape index (κ3) is 2.10. The van der Waals surface area contributed by atoms with Crippen LogP contribution in [0.2, 0.25) is 0 Å². The van der Waals surface area contributed by atoms with Crippen LogP contribution in [0.4, 0.5) is 4.39 Å². The quantitative estimate of drug-likeness (QED) is 0.637. The van der Waals surface area contributed by atoms with E-state index in [1.807, 2.05) is 0 Å². The van der Waals surface area contributed by atoms with Crippen LogP contribution in [0.1, 0.15) is 0 Å². The van der Waals surface area contributed by atoms with Gasteiger partial charge in [0.1, 0.15) is 5.82 Å². The van der Waals surface area contributed by atoms with Crippen molar-refractivity contribution in [2.45, 2.75) is 0 Å². The second-order valence-electron chi connectivity index (χ2n) is 4.50. The van der Waals surface area contributed by atoms with Gasteiger partial charge >= 0.3 is 5.69 Å². The highest BCUT2D eigenvalue weighted by Gasteiger charge is 2.19. The molecular weight excluding hydrogens is 277 g/mol. The summed E-state index contributed by atoms with van der Waals surface area (Å²) < 4.78 is 15.4. The number of hydrogen-bond acceptors (Lipinski definition) is 5. The maximum atomic E-state index is 13.3. The van der Waals surface area contributed by atoms with E-state index in [1.54, 1.807) is 13.1 Å². The zero-order valence-electron chi connectivity index (χ0n) is 11.2. The summed E-state index contributed by atoms with van der Waals surface area (Å²) in [5.41, 5.74) is -0.805. The fraction of sp³-hybridized carbons (Fsp3) is 0.154. The predicted octanol–water partition coefficient (Wildman–Crippen LogP) is 0.180. The van der Waals surface area contributed by atoms with Crippen LogP contribution < -0.4 is 11.2 Å². The highest BCUT2D eigenvalue weighted by molar-refractivity contribution is 5.59. The van der Waals surface area contributed by atoms with E-state index in [4.69, 9.17) is 0 Å². The molecule has 0 atom stereocenters. The van der Waals surface area contributed by atoms with Gasteiger partial charge in [-0.3, -0.25) is 9.36 Å². The summed E-state index contributed by atoms with van der Waals surface area (Å²) in [6, 6.07) is 5.72. The molecule has 8 heteroatoms. The van der Waals surface area contributed by atoms with E-state index in [0.29, 0.717) is 5.56 Å². The Hall–Kier alpha value is -2.90. The van der Waals surface area contributed by atoms with Crippen LogP contribution in [0.3, 0.4) is 0 Å². The summed E-state index contributed by atoms with van der Waals surface area (Å²) in [5.74, 6) is -0.162. The Labute approximate surface area is 117 Å². The minimum Gasteiger partial charge on any atom is -0.267 e. The molecule has 21 heavy (non-hydrogen) atoms. The first-order valence-electron chi connectivity index (χ1n) is 6.05. The van der Waals surface area contributed by atoms with Gasteiger partial charge in [-0.05, 0) is 12.1 Å². The van der Waals surface area contributed by atoms with Gasteiger partial charge in [0, 0.05) is 19.7 Å². The Morgan fingerprint density at radius 1 is 1.14 bits per heavy atom. The lowest BCUT2D eigenvalue weighted by atomic mass is 10.2. The van der Waals surface area contributed by atoms with Gasteiger partial charge in [-0.25, -0.2) is 18.9 Å². The van der Waals surface area contributed by atoms with Crippen molar-refractivity contribution in [2.24, 2.45) is 14.1 Å². The number of aromatic nitrogens is 5. The van der Waals surface area contributed by atoms with Gasteiger partial charge in [0.15, 0.2) is 17.3 Å². The van der Waals surface area contributed by atoms with Crippen LogP contribution in [0.15, 0.2) is 33.9 Å². The van der Waals surface area contributed by atoms with Crippen LogP contribution in [-0.2, 0) is 14.1 Å². The van der Waals surface area contributed by atoms with E-state index < -0.39 is 17.1 Å². The number of fused-ring (bicyclic) bond motifs is 1. The molecule has 0 spiro atoms. The lowest BCUT2D eigenvalue weighted by molar-refractivity contribution is 0.627. The van der Waals surface area contributed by atoms with E-state index in [9.17, 15) is 14.0 Å². The normalized spacial score (nSPS) is 11.0. The second-order valence-corrected chi connectivity index (χ2v) is 4.50. The number of rotatable bonds is 1. The fourth-order valence-electron chi connectivity index (χ4n) is 1.95. The van der Waals surface area contributed by atoms with Crippen molar-refractivity contribution in [2.75, 3.05) is 0 Å². The van der Waals surface area contributed by atoms with Gasteiger partial charge in [-0.15, -0.1) is 0 Å². The standard InChI is InChI=1S/C13H10FN5O2/c1-18-12(20)9-11(16-13(18)21)19(2)17-10(15-9)7-4-3-5-8(14)6-7/h3-6H,1-2H3. The highest BCUT2D eigenvalue weighted by atomic mass is 19.1. The largest absolute Gasteiger partial charge is 0.352 e. The molecule has 1 aromatic carbocycles. The molecule has 7 nitrogen and oxygen atoms in total. The van der Waals surface area contributed by atoms with Crippen molar-refractivity contribution in [1.29, 1.82) is 0 Å². The van der Waals surface area contributed by atoms with E-state index in [1.165, 1.54) is 29.9 Å². The molecule has 0 N–H and O–H groups in total. The first kappa shape index (κ1) is 13.1. The molecule has 2 aliphatic heterocycles. The molecule has 2 heterocycles. The number of benzene rings is 1. The minimum atomic E-state index is -0.676. The summed E-state index contributed by atoms with van der Waals surface area (Å²) >= 11 is 0. The molecule has 0 aliphatic carbocycles. The van der Waals surface area contributed by atoms with Gasteiger partial charge in [0.25, 0.3) is 5.56 Å². The lowest BCUT2D eigenvalue weighted by Gasteiger charge is -2.11. The molecule has 1 aromatic rings. The molecule has 0 amide bonds. The third-order valence-corrected chi connectivity index (χ3v) is 3.06. The molecular formula is C13H10FN5O2. The van der Waals surface area contributed by atoms with E-state index in [0.717, 1.165) is 4.57 Å². The highest BCUT2D eigenvalue weighted by Crippen LogP contribution is 2.18. The summed E-state index contributed by atoms with van der Waals surface area (Å²) in [5, 5.41) is 4.11. The summed E-state index contributed by atoms with van der Waals surface area (Å²) in [6.07, 6.45) is 0. The van der Waals surface area contributed by atoms with Crippen LogP contribution in [0.5, 0.6) is 0 Å². The second kappa shape index (κ2) is 4.58. The number of aryl methyl sites for hydroxylation is 1. The molecule has 106 valence electrons. The number of hydrogen-bond donors (Lipinski definition) is 0. The van der Waals surface area contributed by atoms with Gasteiger partial charge in [0.2, 0.25) is 0 Å². The van der Waals surface area contributed by atoms with Gasteiger partial charge in [-0.2, -0.15) is 10.1 Å². The van der Waals surface area contributed by atoms with Crippen molar-refractivity contribution in [3.05, 3.63) is 50.9 Å². The molecule has 0 bridgehead atoms. The maximum absolute atomic E-state index is 13.3. The Morgan fingerprint density at radius 2 is 1.90 bits per heavy atom. The average Bonchev–Trinajstić information content (AvgIpc) is 2.46. The third-order valence-electron chi connectivity index (χ3n) is 3.06. The zero-order valence-corrected chi connectivity index (χ0v) is 11.2. The van der Waals surface area contributed by atoms with E-state index >= 15 is 0 Å². The molecule has 0 saturated carbocycles. The molecule has 0 unspecified atom stereocenters. The summed E-state index contributed by atoms with van der Waals surface area (Å²) in [4.78, 5) is 31.5. The van der Waals surface area contributed by atoms with E-state index in [2.05, 4.69) is 15.1 Å². The average molecular weight is 287 g/mol. The Balaban J connectivity index is 2.36. The topological polar surface area (TPSA) is 82.7 Å². The summed E-state index contributed by atoms with van der Waals surface area (Å²) in [6.45, 7) is 0. The first-order chi connectivity index (χ1) is 9.97. The predicted molar refractivity (Wildman–Crippen MR) is 72.3 cm³/mol. The van der Waals surface area contributed by atoms with Crippen molar-refractivity contribution in [3.8, 4) is 22.9 Å². The monoisotopic (exact) mass is 287 g/mol. The lowest BCUT2D eigenvalue weighted by Crippen LogP contribution is -2.36. The number of halogens is 1. The number of nitrogens with zero attached hydrogens (tertiary/aromatic N) is 5. The fourth-order valence-corrected chi connectivity index (χ4v) is 1.95. The molecule has 0 aromatic heterocycles. The minimum absolute atomic E-state index is 0.00820. The van der Waals surface area contributed by atoms with E-state index in [-0.39, 0.29) is 17.3 Å². The van der Waals surface area contributed by atoms with Crippen LogP contribution in [0.25, 0.3) is 22.9 Å². The van der Waals surface area contributed by atoms with Gasteiger partial charge in [-0.1, -0.05) is 12.1 Å². The van der Waals surface area contributed by atoms with Crippen LogP contribution in [-0.4, -0.2) is 24.3 Å². The zero-order chi connectivity index (χ0) is 15.1. The Kier molecular flexibility index (Phi) is 2.86. The van der Waals surface area contributed by atoms with Gasteiger partial charge in [0.05, 0.1) is 0 Å². The van der Waals surface area contributed by atoms with Crippen molar-refractivity contribution < 1.29 is 4.39 Å². The first-order valence-corrected chi connectivity index (χ1v) is 6.05. The van der Waals surface area contributed by atoms with Crippen molar-refractivity contribution >= 4 is 0 Å². The van der Waals surface area contributed by atoms with Crippen LogP contribution in [0, 0.1) is 5.82 Å². The summed E-state index contributed by atoms with van der Waals surface area (Å²) in [7, 11) is 2.86. The molecule has 0 radical (unpaired) electrons. The molecule has 3 rings (SSSR count). The SMILES string of the molecule is Cn1nc(-c2cccc(F)c2)nc2c(=O)n(C)c(=O)nc1-2. The molecule has 2 aliphatic rings. The van der Waals surface area contributed by atoms with Gasteiger partial charge < -0.3 is 0 Å². The molecule has 0 saturated heterocycles. The maximum Gasteiger partial charge on any atom is 0.352 e. The Morgan fingerprint density at radius 3 is 2.62 bits per heavy atom. The molecule has 0 fully saturated rings. The Bertz CT molecular complexity index is 931. The smallest absolute Gasteiger partial charge is 0.267 e.